The summed E-state index contributed by atoms with van der Waals surface area (Å²) in [6.45, 7) is 5.92. The van der Waals surface area contributed by atoms with Gasteiger partial charge in [-0.15, -0.1) is 0 Å². The van der Waals surface area contributed by atoms with E-state index in [4.69, 9.17) is 0 Å². The molecule has 5 heteroatoms. The number of hydrogen-bond acceptors (Lipinski definition) is 3. The summed E-state index contributed by atoms with van der Waals surface area (Å²) in [6, 6.07) is 5.64. The second-order valence-corrected chi connectivity index (χ2v) is 6.30. The zero-order chi connectivity index (χ0) is 16.3. The van der Waals surface area contributed by atoms with Crippen LogP contribution in [0, 0.1) is 5.92 Å². The summed E-state index contributed by atoms with van der Waals surface area (Å²) >= 11 is 0. The van der Waals surface area contributed by atoms with Gasteiger partial charge in [-0.3, -0.25) is 9.59 Å². The van der Waals surface area contributed by atoms with E-state index in [-0.39, 0.29) is 17.7 Å². The topological polar surface area (TPSA) is 52.7 Å². The quantitative estimate of drug-likeness (QED) is 0.897. The van der Waals surface area contributed by atoms with E-state index in [9.17, 15) is 9.59 Å². The second kappa shape index (κ2) is 6.92. The van der Waals surface area contributed by atoms with Gasteiger partial charge in [0.2, 0.25) is 5.91 Å². The molecule has 0 unspecified atom stereocenters. The molecule has 0 aliphatic carbocycles. The zero-order valence-corrected chi connectivity index (χ0v) is 13.8. The summed E-state index contributed by atoms with van der Waals surface area (Å²) in [4.78, 5) is 28.3. The molecule has 0 fully saturated rings. The van der Waals surface area contributed by atoms with Crippen molar-refractivity contribution in [2.45, 2.75) is 20.3 Å². The van der Waals surface area contributed by atoms with Crippen LogP contribution in [0.15, 0.2) is 18.2 Å². The fraction of sp³-hybridized carbons (Fsp3) is 0.529. The number of likely N-dealkylation sites (N-methyl/N-ethyl adjacent to an activating group) is 1. The lowest BCUT2D eigenvalue weighted by Gasteiger charge is -2.20. The maximum atomic E-state index is 12.3. The Hall–Kier alpha value is -1.88. The van der Waals surface area contributed by atoms with Crippen LogP contribution >= 0.6 is 0 Å². The molecule has 2 amide bonds. The number of benzene rings is 1. The SMILES string of the molecule is CC(C)C(=O)N1CCc2ccc(C(=O)NCCN(C)C)cc21. The molecule has 1 aromatic carbocycles. The first-order chi connectivity index (χ1) is 10.4. The number of anilines is 1. The average molecular weight is 303 g/mol. The van der Waals surface area contributed by atoms with E-state index in [0.29, 0.717) is 18.7 Å². The third-order valence-corrected chi connectivity index (χ3v) is 3.85. The highest BCUT2D eigenvalue weighted by Gasteiger charge is 2.27. The minimum absolute atomic E-state index is 0.0384. The standard InChI is InChI=1S/C17H25N3O2/c1-12(2)17(22)20-9-7-13-5-6-14(11-15(13)20)16(21)18-8-10-19(3)4/h5-6,11-12H,7-10H2,1-4H3,(H,18,21). The largest absolute Gasteiger partial charge is 0.351 e. The summed E-state index contributed by atoms with van der Waals surface area (Å²) in [5.74, 6) is -0.0130. The van der Waals surface area contributed by atoms with Crippen LogP contribution in [0.5, 0.6) is 0 Å². The minimum Gasteiger partial charge on any atom is -0.351 e. The van der Waals surface area contributed by atoms with E-state index in [2.05, 4.69) is 5.32 Å². The maximum Gasteiger partial charge on any atom is 0.251 e. The van der Waals surface area contributed by atoms with Crippen LogP contribution < -0.4 is 10.2 Å². The number of carbonyl (C=O) groups excluding carboxylic acids is 2. The predicted molar refractivity (Wildman–Crippen MR) is 88.2 cm³/mol. The van der Waals surface area contributed by atoms with Crippen LogP contribution in [-0.4, -0.2) is 50.4 Å². The highest BCUT2D eigenvalue weighted by molar-refractivity contribution is 6.00. The normalized spacial score (nSPS) is 13.6. The Morgan fingerprint density at radius 3 is 2.68 bits per heavy atom. The number of rotatable bonds is 5. The summed E-state index contributed by atoms with van der Waals surface area (Å²) < 4.78 is 0. The van der Waals surface area contributed by atoms with Crippen molar-refractivity contribution in [1.29, 1.82) is 0 Å². The molecule has 5 nitrogen and oxygen atoms in total. The molecular weight excluding hydrogens is 278 g/mol. The molecule has 1 heterocycles. The van der Waals surface area contributed by atoms with Gasteiger partial charge >= 0.3 is 0 Å². The highest BCUT2D eigenvalue weighted by Crippen LogP contribution is 2.30. The molecule has 0 saturated carbocycles. The van der Waals surface area contributed by atoms with Gasteiger partial charge < -0.3 is 15.1 Å². The van der Waals surface area contributed by atoms with E-state index in [1.165, 1.54) is 0 Å². The van der Waals surface area contributed by atoms with Crippen molar-refractivity contribution < 1.29 is 9.59 Å². The Balaban J connectivity index is 2.12. The van der Waals surface area contributed by atoms with Crippen molar-refractivity contribution in [3.63, 3.8) is 0 Å². The first-order valence-corrected chi connectivity index (χ1v) is 7.77. The fourth-order valence-electron chi connectivity index (χ4n) is 2.56. The molecule has 1 N–H and O–H groups in total. The van der Waals surface area contributed by atoms with E-state index in [1.807, 2.05) is 51.0 Å². The van der Waals surface area contributed by atoms with Gasteiger partial charge in [-0.2, -0.15) is 0 Å². The molecule has 120 valence electrons. The molecule has 0 bridgehead atoms. The van der Waals surface area contributed by atoms with Gasteiger partial charge in [-0.1, -0.05) is 19.9 Å². The number of carbonyl (C=O) groups is 2. The van der Waals surface area contributed by atoms with Crippen molar-refractivity contribution in [3.05, 3.63) is 29.3 Å². The lowest BCUT2D eigenvalue weighted by Crippen LogP contribution is -2.33. The van der Waals surface area contributed by atoms with E-state index >= 15 is 0 Å². The van der Waals surface area contributed by atoms with Crippen LogP contribution in [0.1, 0.15) is 29.8 Å². The lowest BCUT2D eigenvalue weighted by atomic mass is 10.1. The van der Waals surface area contributed by atoms with Crippen molar-refractivity contribution in [2.75, 3.05) is 38.6 Å². The Morgan fingerprint density at radius 2 is 2.05 bits per heavy atom. The number of hydrogen-bond donors (Lipinski definition) is 1. The number of fused-ring (bicyclic) bond motifs is 1. The first-order valence-electron chi connectivity index (χ1n) is 7.77. The summed E-state index contributed by atoms with van der Waals surface area (Å²) in [5.41, 5.74) is 2.64. The van der Waals surface area contributed by atoms with Gasteiger partial charge in [0.1, 0.15) is 0 Å². The fourth-order valence-corrected chi connectivity index (χ4v) is 2.56. The maximum absolute atomic E-state index is 12.3. The van der Waals surface area contributed by atoms with Crippen molar-refractivity contribution in [3.8, 4) is 0 Å². The van der Waals surface area contributed by atoms with Gasteiger partial charge in [-0.25, -0.2) is 0 Å². The monoisotopic (exact) mass is 303 g/mol. The lowest BCUT2D eigenvalue weighted by molar-refractivity contribution is -0.121. The molecule has 0 atom stereocenters. The molecule has 1 aromatic rings. The minimum atomic E-state index is -0.0894. The van der Waals surface area contributed by atoms with Gasteiger partial charge in [0.05, 0.1) is 0 Å². The average Bonchev–Trinajstić information content (AvgIpc) is 2.88. The third-order valence-electron chi connectivity index (χ3n) is 3.85. The van der Waals surface area contributed by atoms with E-state index < -0.39 is 0 Å². The number of nitrogens with one attached hydrogen (secondary N) is 1. The van der Waals surface area contributed by atoms with Crippen LogP contribution in [-0.2, 0) is 11.2 Å². The number of nitrogens with zero attached hydrogens (tertiary/aromatic N) is 2. The zero-order valence-electron chi connectivity index (χ0n) is 13.8. The Morgan fingerprint density at radius 1 is 1.32 bits per heavy atom. The Bertz CT molecular complexity index is 567. The van der Waals surface area contributed by atoms with Gasteiger partial charge in [0.25, 0.3) is 5.91 Å². The first kappa shape index (κ1) is 16.5. The van der Waals surface area contributed by atoms with Gasteiger partial charge in [-0.05, 0) is 38.2 Å². The van der Waals surface area contributed by atoms with Crippen molar-refractivity contribution in [2.24, 2.45) is 5.92 Å². The molecular formula is C17H25N3O2. The highest BCUT2D eigenvalue weighted by atomic mass is 16.2. The molecule has 0 saturated heterocycles. The van der Waals surface area contributed by atoms with Crippen LogP contribution in [0.25, 0.3) is 0 Å². The molecule has 0 radical (unpaired) electrons. The molecule has 22 heavy (non-hydrogen) atoms. The summed E-state index contributed by atoms with van der Waals surface area (Å²) in [7, 11) is 3.94. The van der Waals surface area contributed by atoms with Gasteiger partial charge in [0, 0.05) is 36.8 Å². The van der Waals surface area contributed by atoms with E-state index in [1.54, 1.807) is 4.90 Å². The Labute approximate surface area is 132 Å². The number of amides is 2. The molecule has 1 aliphatic rings. The smallest absolute Gasteiger partial charge is 0.251 e. The van der Waals surface area contributed by atoms with Crippen LogP contribution in [0.2, 0.25) is 0 Å². The van der Waals surface area contributed by atoms with Gasteiger partial charge in [0.15, 0.2) is 0 Å². The summed E-state index contributed by atoms with van der Waals surface area (Å²) in [6.07, 6.45) is 0.857. The predicted octanol–water partition coefficient (Wildman–Crippen LogP) is 1.52. The van der Waals surface area contributed by atoms with Crippen LogP contribution in [0.3, 0.4) is 0 Å². The molecule has 2 rings (SSSR count). The molecule has 0 spiro atoms. The van der Waals surface area contributed by atoms with Crippen molar-refractivity contribution in [1.82, 2.24) is 10.2 Å². The molecule has 0 aromatic heterocycles. The second-order valence-electron chi connectivity index (χ2n) is 6.30. The van der Waals surface area contributed by atoms with Crippen LogP contribution in [0.4, 0.5) is 5.69 Å². The molecule has 1 aliphatic heterocycles. The third kappa shape index (κ3) is 3.65. The summed E-state index contributed by atoms with van der Waals surface area (Å²) in [5, 5.41) is 2.90. The van der Waals surface area contributed by atoms with E-state index in [0.717, 1.165) is 24.2 Å². The Kier molecular flexibility index (Phi) is 5.19. The van der Waals surface area contributed by atoms with Crippen molar-refractivity contribution >= 4 is 17.5 Å².